The highest BCUT2D eigenvalue weighted by atomic mass is 16.2. The first-order chi connectivity index (χ1) is 10.0. The van der Waals surface area contributed by atoms with E-state index in [4.69, 9.17) is 5.73 Å². The zero-order chi connectivity index (χ0) is 15.0. The second-order valence-electron chi connectivity index (χ2n) is 6.18. The zero-order valence-corrected chi connectivity index (χ0v) is 12.7. The number of nitrogen functional groups attached to an aromatic ring is 1. The summed E-state index contributed by atoms with van der Waals surface area (Å²) in [5.74, 6) is 1.71. The Labute approximate surface area is 125 Å². The minimum absolute atomic E-state index is 0.244. The number of nitrogens with one attached hydrogen (secondary N) is 1. The summed E-state index contributed by atoms with van der Waals surface area (Å²) in [4.78, 5) is 22.7. The van der Waals surface area contributed by atoms with Gasteiger partial charge in [0.2, 0.25) is 11.9 Å². The zero-order valence-electron chi connectivity index (χ0n) is 12.7. The van der Waals surface area contributed by atoms with Crippen LogP contribution in [0.2, 0.25) is 0 Å². The molecule has 1 aliphatic carbocycles. The fourth-order valence-corrected chi connectivity index (χ4v) is 2.87. The average molecular weight is 289 g/mol. The molecule has 0 radical (unpaired) electrons. The second-order valence-corrected chi connectivity index (χ2v) is 6.18. The lowest BCUT2D eigenvalue weighted by molar-refractivity contribution is -0.133. The summed E-state index contributed by atoms with van der Waals surface area (Å²) < 4.78 is 0. The van der Waals surface area contributed by atoms with Crippen molar-refractivity contribution in [2.24, 2.45) is 5.92 Å². The standard InChI is InChI=1S/C15H23N5O/c1-9-10(2)17-15(16)19-13(9)18-12-4-3-7-20(8-12)14(21)11-5-6-11/h11-12H,3-8H2,1-2H3,(H3,16,17,18,19)/t12-/m1/s1. The van der Waals surface area contributed by atoms with Gasteiger partial charge in [-0.3, -0.25) is 4.79 Å². The van der Waals surface area contributed by atoms with Crippen LogP contribution in [0.15, 0.2) is 0 Å². The van der Waals surface area contributed by atoms with Crippen molar-refractivity contribution in [2.45, 2.75) is 45.6 Å². The van der Waals surface area contributed by atoms with Crippen LogP contribution in [-0.2, 0) is 4.79 Å². The molecule has 3 N–H and O–H groups in total. The van der Waals surface area contributed by atoms with E-state index in [-0.39, 0.29) is 6.04 Å². The van der Waals surface area contributed by atoms with Gasteiger partial charge in [-0.25, -0.2) is 4.98 Å². The van der Waals surface area contributed by atoms with Crippen molar-refractivity contribution in [3.63, 3.8) is 0 Å². The van der Waals surface area contributed by atoms with E-state index in [1.165, 1.54) is 0 Å². The maximum Gasteiger partial charge on any atom is 0.225 e. The molecule has 0 bridgehead atoms. The second kappa shape index (κ2) is 5.50. The van der Waals surface area contributed by atoms with E-state index in [9.17, 15) is 4.79 Å². The smallest absolute Gasteiger partial charge is 0.225 e. The van der Waals surface area contributed by atoms with Gasteiger partial charge in [0.25, 0.3) is 0 Å². The number of aryl methyl sites for hydroxylation is 1. The Kier molecular flexibility index (Phi) is 3.69. The van der Waals surface area contributed by atoms with Crippen LogP contribution < -0.4 is 11.1 Å². The normalized spacial score (nSPS) is 22.2. The number of carbonyl (C=O) groups is 1. The van der Waals surface area contributed by atoms with Gasteiger partial charge in [0.1, 0.15) is 5.82 Å². The van der Waals surface area contributed by atoms with Crippen LogP contribution in [0.25, 0.3) is 0 Å². The number of rotatable bonds is 3. The average Bonchev–Trinajstić information content (AvgIpc) is 3.28. The van der Waals surface area contributed by atoms with Crippen molar-refractivity contribution in [3.8, 4) is 0 Å². The number of anilines is 2. The minimum Gasteiger partial charge on any atom is -0.368 e. The minimum atomic E-state index is 0.244. The van der Waals surface area contributed by atoms with Crippen LogP contribution in [0.4, 0.5) is 11.8 Å². The number of amides is 1. The molecule has 1 atom stereocenters. The summed E-state index contributed by atoms with van der Waals surface area (Å²) in [6, 6.07) is 0.244. The summed E-state index contributed by atoms with van der Waals surface area (Å²) in [5, 5.41) is 3.45. The van der Waals surface area contributed by atoms with E-state index in [2.05, 4.69) is 15.3 Å². The highest BCUT2D eigenvalue weighted by Crippen LogP contribution is 2.32. The summed E-state index contributed by atoms with van der Waals surface area (Å²) in [7, 11) is 0. The summed E-state index contributed by atoms with van der Waals surface area (Å²) in [5.41, 5.74) is 7.65. The Morgan fingerprint density at radius 2 is 2.05 bits per heavy atom. The Balaban J connectivity index is 1.68. The van der Waals surface area contributed by atoms with Crippen molar-refractivity contribution in [1.82, 2.24) is 14.9 Å². The van der Waals surface area contributed by atoms with Crippen LogP contribution in [0.5, 0.6) is 0 Å². The summed E-state index contributed by atoms with van der Waals surface area (Å²) in [6.45, 7) is 5.57. The number of hydrogen-bond donors (Lipinski definition) is 2. The molecule has 3 rings (SSSR count). The maximum absolute atomic E-state index is 12.2. The predicted octanol–water partition coefficient (Wildman–Crippen LogP) is 1.49. The van der Waals surface area contributed by atoms with Gasteiger partial charge in [0.05, 0.1) is 0 Å². The molecule has 1 aliphatic heterocycles. The SMILES string of the molecule is Cc1nc(N)nc(N[C@@H]2CCCN(C(=O)C3CC3)C2)c1C. The van der Waals surface area contributed by atoms with Crippen LogP contribution in [0.1, 0.15) is 36.9 Å². The number of likely N-dealkylation sites (tertiary alicyclic amines) is 1. The number of nitrogens with two attached hydrogens (primary N) is 1. The molecule has 1 aromatic rings. The van der Waals surface area contributed by atoms with Crippen LogP contribution >= 0.6 is 0 Å². The molecule has 1 amide bonds. The lowest BCUT2D eigenvalue weighted by Crippen LogP contribution is -2.46. The fraction of sp³-hybridized carbons (Fsp3) is 0.667. The topological polar surface area (TPSA) is 84.1 Å². The molecule has 2 fully saturated rings. The molecule has 2 heterocycles. The van der Waals surface area contributed by atoms with Gasteiger partial charge in [-0.2, -0.15) is 4.98 Å². The van der Waals surface area contributed by atoms with Crippen molar-refractivity contribution >= 4 is 17.7 Å². The van der Waals surface area contributed by atoms with Crippen LogP contribution in [0, 0.1) is 19.8 Å². The quantitative estimate of drug-likeness (QED) is 0.880. The number of nitrogens with zero attached hydrogens (tertiary/aromatic N) is 3. The molecule has 0 aromatic carbocycles. The largest absolute Gasteiger partial charge is 0.368 e. The van der Waals surface area contributed by atoms with E-state index < -0.39 is 0 Å². The molecule has 114 valence electrons. The third kappa shape index (κ3) is 3.09. The number of hydrogen-bond acceptors (Lipinski definition) is 5. The fourth-order valence-electron chi connectivity index (χ4n) is 2.87. The third-order valence-electron chi connectivity index (χ3n) is 4.41. The monoisotopic (exact) mass is 289 g/mol. The Morgan fingerprint density at radius 3 is 2.76 bits per heavy atom. The van der Waals surface area contributed by atoms with Gasteiger partial charge in [-0.05, 0) is 39.5 Å². The van der Waals surface area contributed by atoms with Crippen molar-refractivity contribution < 1.29 is 4.79 Å². The van der Waals surface area contributed by atoms with Crippen molar-refractivity contribution in [3.05, 3.63) is 11.3 Å². The predicted molar refractivity (Wildman–Crippen MR) is 81.9 cm³/mol. The third-order valence-corrected chi connectivity index (χ3v) is 4.41. The van der Waals surface area contributed by atoms with Crippen LogP contribution in [0.3, 0.4) is 0 Å². The van der Waals surface area contributed by atoms with Gasteiger partial charge in [0.15, 0.2) is 0 Å². The lowest BCUT2D eigenvalue weighted by Gasteiger charge is -2.34. The van der Waals surface area contributed by atoms with Crippen LogP contribution in [-0.4, -0.2) is 39.9 Å². The molecule has 6 heteroatoms. The highest BCUT2D eigenvalue weighted by molar-refractivity contribution is 5.81. The molecular weight excluding hydrogens is 266 g/mol. The van der Waals surface area contributed by atoms with Crippen molar-refractivity contribution in [2.75, 3.05) is 24.1 Å². The molecular formula is C15H23N5O. The first-order valence-corrected chi connectivity index (χ1v) is 7.70. The first-order valence-electron chi connectivity index (χ1n) is 7.70. The molecule has 0 unspecified atom stereocenters. The molecule has 1 saturated heterocycles. The molecule has 1 saturated carbocycles. The molecule has 1 aromatic heterocycles. The molecule has 21 heavy (non-hydrogen) atoms. The summed E-state index contributed by atoms with van der Waals surface area (Å²) >= 11 is 0. The molecule has 2 aliphatic rings. The molecule has 0 spiro atoms. The van der Waals surface area contributed by atoms with Gasteiger partial charge in [-0.1, -0.05) is 0 Å². The van der Waals surface area contributed by atoms with E-state index in [1.807, 2.05) is 18.7 Å². The highest BCUT2D eigenvalue weighted by Gasteiger charge is 2.35. The van der Waals surface area contributed by atoms with E-state index >= 15 is 0 Å². The van der Waals surface area contributed by atoms with Gasteiger partial charge in [0, 0.05) is 36.3 Å². The van der Waals surface area contributed by atoms with Crippen molar-refractivity contribution in [1.29, 1.82) is 0 Å². The Morgan fingerprint density at radius 1 is 1.29 bits per heavy atom. The lowest BCUT2D eigenvalue weighted by atomic mass is 10.0. The van der Waals surface area contributed by atoms with E-state index in [0.29, 0.717) is 17.8 Å². The van der Waals surface area contributed by atoms with Gasteiger partial charge in [-0.15, -0.1) is 0 Å². The Bertz CT molecular complexity index is 555. The van der Waals surface area contributed by atoms with E-state index in [1.54, 1.807) is 0 Å². The van der Waals surface area contributed by atoms with Gasteiger partial charge < -0.3 is 16.0 Å². The summed E-state index contributed by atoms with van der Waals surface area (Å²) in [6.07, 6.45) is 4.22. The van der Waals surface area contributed by atoms with Gasteiger partial charge >= 0.3 is 0 Å². The Hall–Kier alpha value is -1.85. The number of piperidine rings is 1. The number of aromatic nitrogens is 2. The van der Waals surface area contributed by atoms with E-state index in [0.717, 1.165) is 55.8 Å². The first kappa shape index (κ1) is 14.1. The maximum atomic E-state index is 12.2. The molecule has 6 nitrogen and oxygen atoms in total. The number of carbonyl (C=O) groups excluding carboxylic acids is 1.